The van der Waals surface area contributed by atoms with Gasteiger partial charge in [-0.05, 0) is 34.5 Å². The molecule has 1 heterocycles. The molecule has 1 aromatic heterocycles. The van der Waals surface area contributed by atoms with Crippen LogP contribution in [0.1, 0.15) is 12.5 Å². The lowest BCUT2D eigenvalue weighted by atomic mass is 10.3. The lowest BCUT2D eigenvalue weighted by Crippen LogP contribution is -2.23. The van der Waals surface area contributed by atoms with Crippen molar-refractivity contribution in [3.05, 3.63) is 28.5 Å². The van der Waals surface area contributed by atoms with Crippen LogP contribution in [0.3, 0.4) is 0 Å². The van der Waals surface area contributed by atoms with Crippen molar-refractivity contribution in [2.45, 2.75) is 13.5 Å². The summed E-state index contributed by atoms with van der Waals surface area (Å²) >= 11 is 3.27. The Balaban J connectivity index is 2.67. The van der Waals surface area contributed by atoms with Gasteiger partial charge in [-0.25, -0.2) is 4.98 Å². The van der Waals surface area contributed by atoms with E-state index in [2.05, 4.69) is 25.9 Å². The summed E-state index contributed by atoms with van der Waals surface area (Å²) in [4.78, 5) is 9.68. The highest BCUT2D eigenvalue weighted by atomic mass is 79.9. The molecule has 0 amide bonds. The second-order valence-electron chi connectivity index (χ2n) is 3.10. The molecule has 5 heteroatoms. The standard InChI is InChI=1S/C10H11BrN4/c1-8(14-7-12)15(2)6-9-3-4-10(11)13-5-9/h3-5H,6H2,1-2H3/b14-8+. The van der Waals surface area contributed by atoms with Crippen LogP contribution in [0.15, 0.2) is 27.9 Å². The molecule has 0 unspecified atom stereocenters. The fourth-order valence-corrected chi connectivity index (χ4v) is 1.28. The first-order valence-corrected chi connectivity index (χ1v) is 5.17. The van der Waals surface area contributed by atoms with Gasteiger partial charge >= 0.3 is 0 Å². The number of halogens is 1. The molecule has 1 rings (SSSR count). The van der Waals surface area contributed by atoms with E-state index >= 15 is 0 Å². The number of aromatic nitrogens is 1. The zero-order valence-corrected chi connectivity index (χ0v) is 10.2. The Hall–Kier alpha value is -1.41. The van der Waals surface area contributed by atoms with Crippen LogP contribution in [0, 0.1) is 11.5 Å². The van der Waals surface area contributed by atoms with Gasteiger partial charge in [0.2, 0.25) is 6.19 Å². The number of pyridine rings is 1. The largest absolute Gasteiger partial charge is 0.358 e. The quantitative estimate of drug-likeness (QED) is 0.357. The first-order chi connectivity index (χ1) is 7.13. The van der Waals surface area contributed by atoms with Crippen molar-refractivity contribution in [2.24, 2.45) is 4.99 Å². The van der Waals surface area contributed by atoms with E-state index in [4.69, 9.17) is 5.26 Å². The average molecular weight is 267 g/mol. The number of aliphatic imine (C=N–C) groups is 1. The smallest absolute Gasteiger partial charge is 0.207 e. The lowest BCUT2D eigenvalue weighted by Gasteiger charge is -2.17. The molecule has 1 aromatic rings. The van der Waals surface area contributed by atoms with Crippen LogP contribution >= 0.6 is 15.9 Å². The highest BCUT2D eigenvalue weighted by molar-refractivity contribution is 9.10. The summed E-state index contributed by atoms with van der Waals surface area (Å²) in [5.74, 6) is 0.695. The van der Waals surface area contributed by atoms with Gasteiger partial charge in [-0.2, -0.15) is 10.3 Å². The lowest BCUT2D eigenvalue weighted by molar-refractivity contribution is 0.497. The Kier molecular flexibility index (Phi) is 4.25. The molecule has 0 spiro atoms. The van der Waals surface area contributed by atoms with E-state index < -0.39 is 0 Å². The molecule has 0 aromatic carbocycles. The molecule has 78 valence electrons. The Morgan fingerprint density at radius 1 is 1.67 bits per heavy atom. The number of rotatable bonds is 2. The minimum absolute atomic E-state index is 0.692. The van der Waals surface area contributed by atoms with Gasteiger partial charge in [-0.15, -0.1) is 0 Å². The Morgan fingerprint density at radius 3 is 2.93 bits per heavy atom. The van der Waals surface area contributed by atoms with E-state index in [0.717, 1.165) is 10.2 Å². The molecule has 0 bridgehead atoms. The van der Waals surface area contributed by atoms with Gasteiger partial charge in [0.15, 0.2) is 0 Å². The number of nitriles is 1. The van der Waals surface area contributed by atoms with Crippen molar-refractivity contribution in [2.75, 3.05) is 7.05 Å². The third-order valence-electron chi connectivity index (χ3n) is 1.97. The maximum absolute atomic E-state index is 8.41. The predicted molar refractivity (Wildman–Crippen MR) is 62.1 cm³/mol. The fourth-order valence-electron chi connectivity index (χ4n) is 1.05. The number of amidine groups is 1. The van der Waals surface area contributed by atoms with Gasteiger partial charge in [-0.1, -0.05) is 6.07 Å². The molecule has 0 saturated carbocycles. The summed E-state index contributed by atoms with van der Waals surface area (Å²) < 4.78 is 0.816. The summed E-state index contributed by atoms with van der Waals surface area (Å²) in [7, 11) is 1.89. The Labute approximate surface area is 97.4 Å². The first kappa shape index (κ1) is 11.7. The number of hydrogen-bond donors (Lipinski definition) is 0. The van der Waals surface area contributed by atoms with Crippen molar-refractivity contribution in [1.29, 1.82) is 5.26 Å². The van der Waals surface area contributed by atoms with Gasteiger partial charge in [0.05, 0.1) is 0 Å². The van der Waals surface area contributed by atoms with Crippen molar-refractivity contribution < 1.29 is 0 Å². The monoisotopic (exact) mass is 266 g/mol. The van der Waals surface area contributed by atoms with Crippen LogP contribution in [-0.2, 0) is 6.54 Å². The van der Waals surface area contributed by atoms with Gasteiger partial charge in [-0.3, -0.25) is 0 Å². The minimum atomic E-state index is 0.692. The molecular formula is C10H11BrN4. The topological polar surface area (TPSA) is 52.3 Å². The van der Waals surface area contributed by atoms with Gasteiger partial charge < -0.3 is 4.90 Å². The van der Waals surface area contributed by atoms with E-state index in [-0.39, 0.29) is 0 Å². The van der Waals surface area contributed by atoms with E-state index in [0.29, 0.717) is 12.4 Å². The Bertz CT molecular complexity index is 391. The third kappa shape index (κ3) is 3.68. The molecule has 0 atom stereocenters. The van der Waals surface area contributed by atoms with Crippen molar-refractivity contribution >= 4 is 21.8 Å². The summed E-state index contributed by atoms with van der Waals surface area (Å²) in [6.07, 6.45) is 3.56. The summed E-state index contributed by atoms with van der Waals surface area (Å²) in [5, 5.41) is 8.41. The molecular weight excluding hydrogens is 256 g/mol. The van der Waals surface area contributed by atoms with E-state index in [1.54, 1.807) is 19.3 Å². The second-order valence-corrected chi connectivity index (χ2v) is 3.92. The van der Waals surface area contributed by atoms with Gasteiger partial charge in [0, 0.05) is 19.8 Å². The van der Waals surface area contributed by atoms with Crippen molar-refractivity contribution in [1.82, 2.24) is 9.88 Å². The van der Waals surface area contributed by atoms with Gasteiger partial charge in [0.1, 0.15) is 10.4 Å². The van der Waals surface area contributed by atoms with Crippen molar-refractivity contribution in [3.8, 4) is 6.19 Å². The van der Waals surface area contributed by atoms with Crippen LogP contribution in [0.4, 0.5) is 0 Å². The zero-order chi connectivity index (χ0) is 11.3. The van der Waals surface area contributed by atoms with E-state index in [1.807, 2.05) is 24.1 Å². The van der Waals surface area contributed by atoms with Crippen LogP contribution in [0.2, 0.25) is 0 Å². The van der Waals surface area contributed by atoms with Crippen LogP contribution in [0.5, 0.6) is 0 Å². The molecule has 0 radical (unpaired) electrons. The predicted octanol–water partition coefficient (Wildman–Crippen LogP) is 2.18. The highest BCUT2D eigenvalue weighted by Gasteiger charge is 2.02. The maximum Gasteiger partial charge on any atom is 0.207 e. The fraction of sp³-hybridized carbons (Fsp3) is 0.300. The average Bonchev–Trinajstić information content (AvgIpc) is 2.22. The second kappa shape index (κ2) is 5.47. The molecule has 0 fully saturated rings. The van der Waals surface area contributed by atoms with E-state index in [9.17, 15) is 0 Å². The first-order valence-electron chi connectivity index (χ1n) is 4.38. The minimum Gasteiger partial charge on any atom is -0.358 e. The van der Waals surface area contributed by atoms with Crippen LogP contribution < -0.4 is 0 Å². The number of nitrogens with zero attached hydrogens (tertiary/aromatic N) is 4. The normalized spacial score (nSPS) is 10.9. The highest BCUT2D eigenvalue weighted by Crippen LogP contribution is 2.08. The molecule has 15 heavy (non-hydrogen) atoms. The third-order valence-corrected chi connectivity index (χ3v) is 2.44. The summed E-state index contributed by atoms with van der Waals surface area (Å²) in [6.45, 7) is 2.49. The van der Waals surface area contributed by atoms with Gasteiger partial charge in [0.25, 0.3) is 0 Å². The van der Waals surface area contributed by atoms with E-state index in [1.165, 1.54) is 0 Å². The zero-order valence-electron chi connectivity index (χ0n) is 8.61. The Morgan fingerprint density at radius 2 is 2.40 bits per heavy atom. The molecule has 0 aliphatic carbocycles. The maximum atomic E-state index is 8.41. The molecule has 0 saturated heterocycles. The number of hydrogen-bond acceptors (Lipinski definition) is 3. The SMILES string of the molecule is C/C(=N\C#N)N(C)Cc1ccc(Br)nc1. The molecule has 0 N–H and O–H groups in total. The van der Waals surface area contributed by atoms with Crippen molar-refractivity contribution in [3.63, 3.8) is 0 Å². The molecule has 0 aliphatic rings. The summed E-state index contributed by atoms with van der Waals surface area (Å²) in [5.41, 5.74) is 1.08. The molecule has 0 aliphatic heterocycles. The van der Waals surface area contributed by atoms with Crippen LogP contribution in [0.25, 0.3) is 0 Å². The van der Waals surface area contributed by atoms with Crippen LogP contribution in [-0.4, -0.2) is 22.8 Å². The molecule has 4 nitrogen and oxygen atoms in total. The summed E-state index contributed by atoms with van der Waals surface area (Å²) in [6, 6.07) is 3.87.